The Morgan fingerprint density at radius 3 is 2.44 bits per heavy atom. The van der Waals surface area contributed by atoms with Crippen LogP contribution in [0.15, 0.2) is 24.3 Å². The number of carbonyl (C=O) groups is 2. The highest BCUT2D eigenvalue weighted by Gasteiger charge is 2.22. The smallest absolute Gasteiger partial charge is 0.223 e. The zero-order chi connectivity index (χ0) is 17.4. The minimum Gasteiger partial charge on any atom is -0.399 e. The van der Waals surface area contributed by atoms with Crippen LogP contribution in [-0.4, -0.2) is 24.4 Å². The quantitative estimate of drug-likeness (QED) is 0.648. The maximum absolute atomic E-state index is 12.2. The van der Waals surface area contributed by atoms with E-state index in [1.807, 2.05) is 31.2 Å². The van der Waals surface area contributed by atoms with Crippen molar-refractivity contribution in [2.75, 3.05) is 12.3 Å². The highest BCUT2D eigenvalue weighted by molar-refractivity contribution is 5.85. The zero-order valence-electron chi connectivity index (χ0n) is 14.9. The Hall–Kier alpha value is -1.75. The number of nitrogen functional groups attached to an aromatic ring is 1. The Labute approximate surface area is 156 Å². The second-order valence-electron chi connectivity index (χ2n) is 6.79. The van der Waals surface area contributed by atoms with Crippen molar-refractivity contribution in [1.82, 2.24) is 10.6 Å². The number of halogens is 1. The van der Waals surface area contributed by atoms with Crippen LogP contribution in [0.4, 0.5) is 5.69 Å². The van der Waals surface area contributed by atoms with Crippen LogP contribution >= 0.6 is 12.4 Å². The molecule has 6 heteroatoms. The molecule has 1 aromatic rings. The molecule has 1 fully saturated rings. The topological polar surface area (TPSA) is 84.2 Å². The van der Waals surface area contributed by atoms with Gasteiger partial charge >= 0.3 is 0 Å². The van der Waals surface area contributed by atoms with Gasteiger partial charge in [-0.05, 0) is 43.9 Å². The summed E-state index contributed by atoms with van der Waals surface area (Å²) in [6.45, 7) is 2.48. The molecule has 1 aliphatic carbocycles. The second-order valence-corrected chi connectivity index (χ2v) is 6.79. The fourth-order valence-corrected chi connectivity index (χ4v) is 3.16. The van der Waals surface area contributed by atoms with Crippen molar-refractivity contribution in [3.05, 3.63) is 29.8 Å². The lowest BCUT2D eigenvalue weighted by Gasteiger charge is -2.23. The first kappa shape index (κ1) is 21.3. The Balaban J connectivity index is 0.00000312. The van der Waals surface area contributed by atoms with Crippen LogP contribution in [-0.2, 0) is 16.0 Å². The van der Waals surface area contributed by atoms with Crippen molar-refractivity contribution in [3.8, 4) is 0 Å². The fourth-order valence-electron chi connectivity index (χ4n) is 3.16. The van der Waals surface area contributed by atoms with Gasteiger partial charge in [0.25, 0.3) is 0 Å². The van der Waals surface area contributed by atoms with Gasteiger partial charge in [-0.25, -0.2) is 0 Å². The van der Waals surface area contributed by atoms with Crippen molar-refractivity contribution in [2.45, 2.75) is 57.9 Å². The molecule has 0 saturated heterocycles. The predicted octanol–water partition coefficient (Wildman–Crippen LogP) is 2.82. The van der Waals surface area contributed by atoms with E-state index in [9.17, 15) is 9.59 Å². The summed E-state index contributed by atoms with van der Waals surface area (Å²) >= 11 is 0. The summed E-state index contributed by atoms with van der Waals surface area (Å²) in [6, 6.07) is 7.53. The molecule has 4 N–H and O–H groups in total. The SMILES string of the molecule is CC(CC(=O)NCCc1ccc(N)cc1)NC(=O)C1CCCCC1.Cl. The van der Waals surface area contributed by atoms with E-state index in [0.717, 1.165) is 43.4 Å². The number of anilines is 1. The van der Waals surface area contributed by atoms with Gasteiger partial charge in [-0.2, -0.15) is 0 Å². The van der Waals surface area contributed by atoms with E-state index in [2.05, 4.69) is 10.6 Å². The summed E-state index contributed by atoms with van der Waals surface area (Å²) < 4.78 is 0. The molecule has 1 unspecified atom stereocenters. The summed E-state index contributed by atoms with van der Waals surface area (Å²) in [7, 11) is 0. The highest BCUT2D eigenvalue weighted by Crippen LogP contribution is 2.23. The van der Waals surface area contributed by atoms with Crippen LogP contribution < -0.4 is 16.4 Å². The van der Waals surface area contributed by atoms with Gasteiger partial charge in [-0.3, -0.25) is 9.59 Å². The molecule has 1 aromatic carbocycles. The Kier molecular flexibility index (Phi) is 9.35. The normalized spacial score (nSPS) is 15.7. The molecule has 1 saturated carbocycles. The summed E-state index contributed by atoms with van der Waals surface area (Å²) in [5, 5.41) is 5.89. The minimum absolute atomic E-state index is 0. The van der Waals surface area contributed by atoms with Gasteiger partial charge < -0.3 is 16.4 Å². The molecule has 0 spiro atoms. The van der Waals surface area contributed by atoms with Gasteiger partial charge in [0.05, 0.1) is 0 Å². The van der Waals surface area contributed by atoms with E-state index in [1.165, 1.54) is 6.42 Å². The monoisotopic (exact) mass is 367 g/mol. The first-order chi connectivity index (χ1) is 11.5. The number of rotatable bonds is 7. The molecule has 0 bridgehead atoms. The van der Waals surface area contributed by atoms with Gasteiger partial charge in [-0.15, -0.1) is 12.4 Å². The molecule has 25 heavy (non-hydrogen) atoms. The first-order valence-corrected chi connectivity index (χ1v) is 8.96. The van der Waals surface area contributed by atoms with E-state index < -0.39 is 0 Å². The summed E-state index contributed by atoms with van der Waals surface area (Å²) in [6.07, 6.45) is 6.56. The van der Waals surface area contributed by atoms with Crippen molar-refractivity contribution in [1.29, 1.82) is 0 Å². The summed E-state index contributed by atoms with van der Waals surface area (Å²) in [5.41, 5.74) is 7.53. The molecule has 5 nitrogen and oxygen atoms in total. The third kappa shape index (κ3) is 7.78. The molecule has 2 rings (SSSR count). The first-order valence-electron chi connectivity index (χ1n) is 8.96. The number of nitrogens with one attached hydrogen (secondary N) is 2. The van der Waals surface area contributed by atoms with E-state index in [0.29, 0.717) is 13.0 Å². The van der Waals surface area contributed by atoms with Crippen molar-refractivity contribution in [2.24, 2.45) is 5.92 Å². The van der Waals surface area contributed by atoms with Crippen LogP contribution in [0.1, 0.15) is 51.0 Å². The van der Waals surface area contributed by atoms with E-state index in [4.69, 9.17) is 5.73 Å². The molecular weight excluding hydrogens is 338 g/mol. The standard InChI is InChI=1S/C19H29N3O2.ClH/c1-14(22-19(24)16-5-3-2-4-6-16)13-18(23)21-12-11-15-7-9-17(20)10-8-15;/h7-10,14,16H,2-6,11-13,20H2,1H3,(H,21,23)(H,22,24);1H. The molecule has 2 amide bonds. The Morgan fingerprint density at radius 2 is 1.80 bits per heavy atom. The number of hydrogen-bond donors (Lipinski definition) is 3. The van der Waals surface area contributed by atoms with Crippen LogP contribution in [0.5, 0.6) is 0 Å². The minimum atomic E-state index is -0.129. The number of amides is 2. The van der Waals surface area contributed by atoms with Crippen LogP contribution in [0, 0.1) is 5.92 Å². The van der Waals surface area contributed by atoms with Crippen LogP contribution in [0.3, 0.4) is 0 Å². The number of hydrogen-bond acceptors (Lipinski definition) is 3. The van der Waals surface area contributed by atoms with Crippen LogP contribution in [0.25, 0.3) is 0 Å². The van der Waals surface area contributed by atoms with Crippen molar-refractivity contribution < 1.29 is 9.59 Å². The molecule has 0 aromatic heterocycles. The Bertz CT molecular complexity index is 542. The van der Waals surface area contributed by atoms with E-state index in [-0.39, 0.29) is 36.2 Å². The predicted molar refractivity (Wildman–Crippen MR) is 104 cm³/mol. The third-order valence-electron chi connectivity index (χ3n) is 4.57. The molecule has 1 aliphatic rings. The van der Waals surface area contributed by atoms with Gasteiger partial charge in [0.2, 0.25) is 11.8 Å². The summed E-state index contributed by atoms with van der Waals surface area (Å²) in [4.78, 5) is 24.1. The number of nitrogens with two attached hydrogens (primary N) is 1. The van der Waals surface area contributed by atoms with Gasteiger partial charge in [0, 0.05) is 30.6 Å². The maximum Gasteiger partial charge on any atom is 0.223 e. The van der Waals surface area contributed by atoms with Crippen molar-refractivity contribution >= 4 is 29.9 Å². The van der Waals surface area contributed by atoms with E-state index >= 15 is 0 Å². The lowest BCUT2D eigenvalue weighted by atomic mass is 9.88. The molecule has 140 valence electrons. The lowest BCUT2D eigenvalue weighted by molar-refractivity contribution is -0.127. The zero-order valence-corrected chi connectivity index (χ0v) is 15.7. The average molecular weight is 368 g/mol. The highest BCUT2D eigenvalue weighted by atomic mass is 35.5. The lowest BCUT2D eigenvalue weighted by Crippen LogP contribution is -2.41. The largest absolute Gasteiger partial charge is 0.399 e. The molecule has 0 aliphatic heterocycles. The second kappa shape index (κ2) is 11.0. The number of carbonyl (C=O) groups excluding carboxylic acids is 2. The van der Waals surface area contributed by atoms with Gasteiger partial charge in [0.15, 0.2) is 0 Å². The molecule has 0 heterocycles. The molecule has 0 radical (unpaired) electrons. The van der Waals surface area contributed by atoms with Crippen molar-refractivity contribution in [3.63, 3.8) is 0 Å². The molecule has 1 atom stereocenters. The molecular formula is C19H30ClN3O2. The van der Waals surface area contributed by atoms with Gasteiger partial charge in [0.1, 0.15) is 0 Å². The van der Waals surface area contributed by atoms with Gasteiger partial charge in [-0.1, -0.05) is 31.4 Å². The maximum atomic E-state index is 12.2. The fraction of sp³-hybridized carbons (Fsp3) is 0.579. The summed E-state index contributed by atoms with van der Waals surface area (Å²) in [5.74, 6) is 0.216. The third-order valence-corrected chi connectivity index (χ3v) is 4.57. The van der Waals surface area contributed by atoms with Crippen LogP contribution in [0.2, 0.25) is 0 Å². The van der Waals surface area contributed by atoms with E-state index in [1.54, 1.807) is 0 Å². The average Bonchev–Trinajstić information content (AvgIpc) is 2.57. The Morgan fingerprint density at radius 1 is 1.16 bits per heavy atom. The number of benzene rings is 1.